The number of fused-ring (bicyclic) bond motifs is 1. The maximum absolute atomic E-state index is 12.0. The van der Waals surface area contributed by atoms with Crippen molar-refractivity contribution in [2.75, 3.05) is 5.32 Å². The first-order valence-electron chi connectivity index (χ1n) is 8.44. The third-order valence-electron chi connectivity index (χ3n) is 3.71. The quantitative estimate of drug-likeness (QED) is 0.637. The first kappa shape index (κ1) is 18.7. The fraction of sp³-hybridized carbons (Fsp3) is 0.263. The fourth-order valence-corrected chi connectivity index (χ4v) is 3.74. The van der Waals surface area contributed by atoms with Crippen LogP contribution in [0, 0.1) is 0 Å². The highest BCUT2D eigenvalue weighted by molar-refractivity contribution is 7.22. The Morgan fingerprint density at radius 2 is 2.08 bits per heavy atom. The monoisotopic (exact) mass is 386 g/mol. The SMILES string of the molecule is BCc1cc(-c2cccc(Cl)c2)c2nc(NC(=O)OC(C)(C)C)sc2c1. The van der Waals surface area contributed by atoms with Gasteiger partial charge < -0.3 is 4.74 Å². The number of aromatic nitrogens is 1. The van der Waals surface area contributed by atoms with Gasteiger partial charge in [-0.1, -0.05) is 47.0 Å². The van der Waals surface area contributed by atoms with Crippen molar-refractivity contribution in [1.82, 2.24) is 4.98 Å². The lowest BCUT2D eigenvalue weighted by Gasteiger charge is -2.18. The minimum absolute atomic E-state index is 0.503. The minimum atomic E-state index is -0.553. The topological polar surface area (TPSA) is 51.2 Å². The van der Waals surface area contributed by atoms with Crippen LogP contribution in [0.2, 0.25) is 5.02 Å². The van der Waals surface area contributed by atoms with E-state index in [9.17, 15) is 4.79 Å². The van der Waals surface area contributed by atoms with E-state index in [1.54, 1.807) is 0 Å². The van der Waals surface area contributed by atoms with E-state index in [4.69, 9.17) is 16.3 Å². The summed E-state index contributed by atoms with van der Waals surface area (Å²) in [6, 6.07) is 12.0. The number of hydrogen-bond acceptors (Lipinski definition) is 4. The summed E-state index contributed by atoms with van der Waals surface area (Å²) < 4.78 is 6.33. The Labute approximate surface area is 162 Å². The summed E-state index contributed by atoms with van der Waals surface area (Å²) >= 11 is 7.60. The molecule has 0 aliphatic heterocycles. The van der Waals surface area contributed by atoms with Crippen molar-refractivity contribution in [3.63, 3.8) is 0 Å². The molecule has 0 bridgehead atoms. The largest absolute Gasteiger partial charge is 0.444 e. The zero-order valence-electron chi connectivity index (χ0n) is 15.2. The summed E-state index contributed by atoms with van der Waals surface area (Å²) in [5.74, 6) is 0. The number of carbonyl (C=O) groups is 1. The number of nitrogens with zero attached hydrogens (tertiary/aromatic N) is 1. The molecule has 1 aromatic heterocycles. The zero-order valence-corrected chi connectivity index (χ0v) is 16.8. The molecule has 0 unspecified atom stereocenters. The smallest absolute Gasteiger partial charge is 0.413 e. The van der Waals surface area contributed by atoms with Crippen molar-refractivity contribution in [2.24, 2.45) is 0 Å². The molecule has 1 heterocycles. The highest BCUT2D eigenvalue weighted by Gasteiger charge is 2.18. The van der Waals surface area contributed by atoms with E-state index in [0.717, 1.165) is 27.7 Å². The van der Waals surface area contributed by atoms with Crippen molar-refractivity contribution >= 4 is 52.2 Å². The van der Waals surface area contributed by atoms with Gasteiger partial charge in [0.1, 0.15) is 13.4 Å². The molecule has 0 atom stereocenters. The number of carbonyl (C=O) groups excluding carboxylic acids is 1. The summed E-state index contributed by atoms with van der Waals surface area (Å²) in [6.45, 7) is 5.49. The maximum Gasteiger partial charge on any atom is 0.413 e. The average Bonchev–Trinajstić information content (AvgIpc) is 2.93. The van der Waals surface area contributed by atoms with E-state index < -0.39 is 11.7 Å². The fourth-order valence-electron chi connectivity index (χ4n) is 2.61. The Morgan fingerprint density at radius 3 is 2.73 bits per heavy atom. The molecule has 2 aromatic carbocycles. The Bertz CT molecular complexity index is 966. The molecular weight excluding hydrogens is 367 g/mol. The molecule has 1 N–H and O–H groups in total. The number of nitrogens with one attached hydrogen (secondary N) is 1. The summed E-state index contributed by atoms with van der Waals surface area (Å²) in [7, 11) is 2.11. The number of benzene rings is 2. The van der Waals surface area contributed by atoms with Crippen molar-refractivity contribution in [2.45, 2.75) is 32.7 Å². The third kappa shape index (κ3) is 4.37. The zero-order chi connectivity index (χ0) is 18.9. The molecule has 0 aliphatic rings. The highest BCUT2D eigenvalue weighted by Crippen LogP contribution is 2.36. The molecule has 1 amide bonds. The molecular formula is C19H20BClN2O2S. The molecule has 26 heavy (non-hydrogen) atoms. The summed E-state index contributed by atoms with van der Waals surface area (Å²) in [4.78, 5) is 16.7. The molecule has 0 fully saturated rings. The molecule has 3 rings (SSSR count). The summed E-state index contributed by atoms with van der Waals surface area (Å²) in [5, 5.41) is 3.94. The molecule has 134 valence electrons. The van der Waals surface area contributed by atoms with Crippen LogP contribution in [0.4, 0.5) is 9.93 Å². The van der Waals surface area contributed by atoms with Gasteiger partial charge in [0.25, 0.3) is 0 Å². The number of hydrogen-bond donors (Lipinski definition) is 1. The molecule has 3 aromatic rings. The van der Waals surface area contributed by atoms with Crippen LogP contribution < -0.4 is 5.32 Å². The molecule has 0 spiro atoms. The van der Waals surface area contributed by atoms with Gasteiger partial charge >= 0.3 is 6.09 Å². The van der Waals surface area contributed by atoms with Gasteiger partial charge in [-0.15, -0.1) is 0 Å². The van der Waals surface area contributed by atoms with E-state index >= 15 is 0 Å². The summed E-state index contributed by atoms with van der Waals surface area (Å²) in [6.07, 6.45) is 0.410. The maximum atomic E-state index is 12.0. The van der Waals surface area contributed by atoms with Gasteiger partial charge in [-0.2, -0.15) is 0 Å². The van der Waals surface area contributed by atoms with Gasteiger partial charge in [-0.05, 0) is 50.6 Å². The lowest BCUT2D eigenvalue weighted by atomic mass is 9.93. The second-order valence-corrected chi connectivity index (χ2v) is 8.47. The van der Waals surface area contributed by atoms with Crippen LogP contribution in [-0.4, -0.2) is 24.5 Å². The van der Waals surface area contributed by atoms with Gasteiger partial charge in [0.2, 0.25) is 0 Å². The second kappa shape index (κ2) is 7.29. The van der Waals surface area contributed by atoms with E-state index in [0.29, 0.717) is 10.2 Å². The van der Waals surface area contributed by atoms with Crippen LogP contribution in [0.1, 0.15) is 26.3 Å². The Morgan fingerprint density at radius 1 is 1.31 bits per heavy atom. The van der Waals surface area contributed by atoms with Crippen LogP contribution >= 0.6 is 22.9 Å². The average molecular weight is 387 g/mol. The number of anilines is 1. The van der Waals surface area contributed by atoms with Gasteiger partial charge in [0.15, 0.2) is 5.13 Å². The van der Waals surface area contributed by atoms with Gasteiger partial charge in [0, 0.05) is 10.6 Å². The predicted octanol–water partition coefficient (Wildman–Crippen LogP) is 5.10. The number of rotatable bonds is 3. The lowest BCUT2D eigenvalue weighted by molar-refractivity contribution is 0.0636. The van der Waals surface area contributed by atoms with Crippen LogP contribution in [0.3, 0.4) is 0 Å². The Balaban J connectivity index is 2.03. The van der Waals surface area contributed by atoms with Gasteiger partial charge in [-0.3, -0.25) is 5.32 Å². The van der Waals surface area contributed by atoms with Crippen molar-refractivity contribution in [3.8, 4) is 11.1 Å². The number of halogens is 1. The highest BCUT2D eigenvalue weighted by atomic mass is 35.5. The minimum Gasteiger partial charge on any atom is -0.444 e. The molecule has 7 heteroatoms. The third-order valence-corrected chi connectivity index (χ3v) is 4.86. The normalized spacial score (nSPS) is 11.5. The number of thiazole rings is 1. The van der Waals surface area contributed by atoms with E-state index in [-0.39, 0.29) is 0 Å². The van der Waals surface area contributed by atoms with Crippen LogP contribution in [-0.2, 0) is 11.1 Å². The van der Waals surface area contributed by atoms with Crippen molar-refractivity contribution in [3.05, 3.63) is 47.0 Å². The predicted molar refractivity (Wildman–Crippen MR) is 112 cm³/mol. The Hall–Kier alpha value is -2.05. The number of ether oxygens (including phenoxy) is 1. The Kier molecular flexibility index (Phi) is 5.25. The number of amides is 1. The van der Waals surface area contributed by atoms with Crippen molar-refractivity contribution in [1.29, 1.82) is 0 Å². The van der Waals surface area contributed by atoms with Crippen LogP contribution in [0.25, 0.3) is 21.3 Å². The van der Waals surface area contributed by atoms with Crippen LogP contribution in [0.15, 0.2) is 36.4 Å². The van der Waals surface area contributed by atoms with E-state index in [1.165, 1.54) is 16.9 Å². The van der Waals surface area contributed by atoms with E-state index in [1.807, 2.05) is 45.0 Å². The lowest BCUT2D eigenvalue weighted by Crippen LogP contribution is -2.27. The van der Waals surface area contributed by atoms with Gasteiger partial charge in [0.05, 0.1) is 10.2 Å². The second-order valence-electron chi connectivity index (χ2n) is 7.00. The van der Waals surface area contributed by atoms with E-state index in [2.05, 4.69) is 30.3 Å². The summed E-state index contributed by atoms with van der Waals surface area (Å²) in [5.41, 5.74) is 3.52. The first-order valence-corrected chi connectivity index (χ1v) is 9.64. The molecule has 0 aliphatic carbocycles. The molecule has 0 saturated carbocycles. The molecule has 4 nitrogen and oxygen atoms in total. The first-order chi connectivity index (χ1) is 12.2. The van der Waals surface area contributed by atoms with Crippen LogP contribution in [0.5, 0.6) is 0 Å². The van der Waals surface area contributed by atoms with Crippen molar-refractivity contribution < 1.29 is 9.53 Å². The van der Waals surface area contributed by atoms with Gasteiger partial charge in [-0.25, -0.2) is 9.78 Å². The standard InChI is InChI=1S/C19H20BClN2O2S/c1-19(2,3)25-18(24)23-17-22-16-14(12-5-4-6-13(21)9-12)7-11(10-20)8-15(16)26-17/h4-9H,10,20H2,1-3H3,(H,22,23,24). The molecule has 0 radical (unpaired) electrons. The molecule has 0 saturated heterocycles.